The van der Waals surface area contributed by atoms with Crippen molar-refractivity contribution in [3.63, 3.8) is 0 Å². The van der Waals surface area contributed by atoms with Crippen LogP contribution >= 0.6 is 0 Å². The van der Waals surface area contributed by atoms with E-state index in [0.717, 1.165) is 4.31 Å². The molecule has 15 heteroatoms. The molecule has 8 nitrogen and oxygen atoms in total. The first kappa shape index (κ1) is 25.9. The Hall–Kier alpha value is -2.39. The minimum absolute atomic E-state index is 0.0411. The van der Waals surface area contributed by atoms with Crippen LogP contribution in [0.25, 0.3) is 0 Å². The minimum atomic E-state index is -5.18. The van der Waals surface area contributed by atoms with Crippen LogP contribution < -0.4 is 5.32 Å². The molecule has 2 amide bonds. The molecule has 0 aromatic heterocycles. The van der Waals surface area contributed by atoms with Crippen molar-refractivity contribution in [1.82, 2.24) is 14.5 Å². The molecule has 1 saturated heterocycles. The van der Waals surface area contributed by atoms with Gasteiger partial charge in [0, 0.05) is 26.2 Å². The lowest BCUT2D eigenvalue weighted by atomic mass is 10.1. The van der Waals surface area contributed by atoms with Crippen molar-refractivity contribution in [3.05, 3.63) is 29.3 Å². The van der Waals surface area contributed by atoms with Gasteiger partial charge < -0.3 is 4.74 Å². The Kier molecular flexibility index (Phi) is 7.78. The fraction of sp³-hybridized carbons (Fsp3) is 0.529. The molecule has 2 rings (SSSR count). The molecular formula is C17H19F6N3O5S. The SMILES string of the molecule is CCOC(=O)NC(=O)CN1CCN(S(=O)(=O)c2cc(C(F)(F)F)cc(C(F)(F)F)c2)CC1. The van der Waals surface area contributed by atoms with Gasteiger partial charge in [-0.25, -0.2) is 13.2 Å². The second-order valence-corrected chi connectivity index (χ2v) is 8.63. The van der Waals surface area contributed by atoms with Gasteiger partial charge in [0.05, 0.1) is 29.2 Å². The molecule has 1 N–H and O–H groups in total. The largest absolute Gasteiger partial charge is 0.450 e. The maximum Gasteiger partial charge on any atom is 0.416 e. The van der Waals surface area contributed by atoms with Crippen molar-refractivity contribution in [2.24, 2.45) is 0 Å². The van der Waals surface area contributed by atoms with Crippen LogP contribution in [0.15, 0.2) is 23.1 Å². The van der Waals surface area contributed by atoms with E-state index in [4.69, 9.17) is 0 Å². The number of hydrogen-bond donors (Lipinski definition) is 1. The number of nitrogens with zero attached hydrogens (tertiary/aromatic N) is 2. The van der Waals surface area contributed by atoms with Crippen molar-refractivity contribution in [2.75, 3.05) is 39.3 Å². The van der Waals surface area contributed by atoms with Crippen LogP contribution in [0.1, 0.15) is 18.1 Å². The Balaban J connectivity index is 2.15. The van der Waals surface area contributed by atoms with Crippen LogP contribution in [0.2, 0.25) is 0 Å². The van der Waals surface area contributed by atoms with E-state index in [1.165, 1.54) is 11.8 Å². The third kappa shape index (κ3) is 6.56. The van der Waals surface area contributed by atoms with Gasteiger partial charge in [-0.2, -0.15) is 30.6 Å². The van der Waals surface area contributed by atoms with Crippen LogP contribution in [0.4, 0.5) is 31.1 Å². The summed E-state index contributed by atoms with van der Waals surface area (Å²) in [6, 6.07) is 0.159. The number of alkyl carbamates (subject to hydrolysis) is 1. The van der Waals surface area contributed by atoms with Crippen LogP contribution in [-0.4, -0.2) is 69.0 Å². The normalized spacial score (nSPS) is 16.6. The Labute approximate surface area is 179 Å². The van der Waals surface area contributed by atoms with E-state index < -0.39 is 50.4 Å². The van der Waals surface area contributed by atoms with E-state index in [2.05, 4.69) is 4.74 Å². The fourth-order valence-corrected chi connectivity index (χ4v) is 4.37. The summed E-state index contributed by atoms with van der Waals surface area (Å²) in [5.74, 6) is -0.715. The first-order valence-electron chi connectivity index (χ1n) is 9.13. The monoisotopic (exact) mass is 491 g/mol. The van der Waals surface area contributed by atoms with Gasteiger partial charge in [0.15, 0.2) is 0 Å². The van der Waals surface area contributed by atoms with Gasteiger partial charge in [-0.1, -0.05) is 0 Å². The molecule has 32 heavy (non-hydrogen) atoms. The van der Waals surface area contributed by atoms with Crippen LogP contribution in [0.5, 0.6) is 0 Å². The molecule has 180 valence electrons. The Morgan fingerprint density at radius 1 is 0.969 bits per heavy atom. The van der Waals surface area contributed by atoms with E-state index >= 15 is 0 Å². The van der Waals surface area contributed by atoms with Crippen molar-refractivity contribution >= 4 is 22.0 Å². The second kappa shape index (κ2) is 9.62. The van der Waals surface area contributed by atoms with E-state index in [1.54, 1.807) is 0 Å². The summed E-state index contributed by atoms with van der Waals surface area (Å²) in [6.45, 7) is 0.641. The minimum Gasteiger partial charge on any atom is -0.450 e. The second-order valence-electron chi connectivity index (χ2n) is 6.69. The number of halogens is 6. The van der Waals surface area contributed by atoms with Crippen molar-refractivity contribution in [2.45, 2.75) is 24.2 Å². The topological polar surface area (TPSA) is 96.0 Å². The van der Waals surface area contributed by atoms with Crippen LogP contribution in [0.3, 0.4) is 0 Å². The number of amides is 2. The highest BCUT2D eigenvalue weighted by Gasteiger charge is 2.39. The zero-order chi connectivity index (χ0) is 24.3. The number of hydrogen-bond acceptors (Lipinski definition) is 6. The van der Waals surface area contributed by atoms with Gasteiger partial charge in [-0.3, -0.25) is 15.0 Å². The van der Waals surface area contributed by atoms with Crippen LogP contribution in [-0.2, 0) is 31.9 Å². The number of carbonyl (C=O) groups is 2. The number of benzene rings is 1. The molecule has 1 aliphatic heterocycles. The number of sulfonamides is 1. The van der Waals surface area contributed by atoms with Gasteiger partial charge in [0.1, 0.15) is 0 Å². The van der Waals surface area contributed by atoms with Crippen molar-refractivity contribution in [1.29, 1.82) is 0 Å². The molecule has 1 aromatic carbocycles. The number of piperazine rings is 1. The number of nitrogens with one attached hydrogen (secondary N) is 1. The number of ether oxygens (including phenoxy) is 1. The average molecular weight is 491 g/mol. The zero-order valence-electron chi connectivity index (χ0n) is 16.6. The fourth-order valence-electron chi connectivity index (χ4n) is 2.88. The maximum absolute atomic E-state index is 13.0. The Morgan fingerprint density at radius 2 is 1.47 bits per heavy atom. The van der Waals surface area contributed by atoms with Crippen LogP contribution in [0, 0.1) is 0 Å². The van der Waals surface area contributed by atoms with E-state index in [0.29, 0.717) is 0 Å². The lowest BCUT2D eigenvalue weighted by Gasteiger charge is -2.33. The predicted octanol–water partition coefficient (Wildman–Crippen LogP) is 2.30. The summed E-state index contributed by atoms with van der Waals surface area (Å²) >= 11 is 0. The molecule has 1 heterocycles. The van der Waals surface area contributed by atoms with Gasteiger partial charge in [0.25, 0.3) is 0 Å². The molecule has 1 fully saturated rings. The summed E-state index contributed by atoms with van der Waals surface area (Å²) < 4.78 is 109. The summed E-state index contributed by atoms with van der Waals surface area (Å²) in [7, 11) is -4.67. The first-order valence-corrected chi connectivity index (χ1v) is 10.6. The molecule has 0 atom stereocenters. The van der Waals surface area contributed by atoms with Gasteiger partial charge in [0.2, 0.25) is 15.9 Å². The molecule has 0 radical (unpaired) electrons. The van der Waals surface area contributed by atoms with E-state index in [9.17, 15) is 44.3 Å². The molecule has 1 aliphatic rings. The lowest BCUT2D eigenvalue weighted by molar-refractivity contribution is -0.143. The molecule has 1 aromatic rings. The highest BCUT2D eigenvalue weighted by atomic mass is 32.2. The van der Waals surface area contributed by atoms with Crippen molar-refractivity contribution < 1.29 is 49.1 Å². The molecular weight excluding hydrogens is 472 g/mol. The van der Waals surface area contributed by atoms with E-state index in [1.807, 2.05) is 5.32 Å². The lowest BCUT2D eigenvalue weighted by Crippen LogP contribution is -2.51. The van der Waals surface area contributed by atoms with Gasteiger partial charge in [-0.05, 0) is 25.1 Å². The summed E-state index contributed by atoms with van der Waals surface area (Å²) in [6.07, 6.45) is -11.3. The molecule has 0 bridgehead atoms. The number of imide groups is 1. The third-order valence-electron chi connectivity index (χ3n) is 4.41. The smallest absolute Gasteiger partial charge is 0.416 e. The van der Waals surface area contributed by atoms with E-state index in [-0.39, 0.29) is 57.5 Å². The van der Waals surface area contributed by atoms with Gasteiger partial charge in [-0.15, -0.1) is 0 Å². The van der Waals surface area contributed by atoms with Gasteiger partial charge >= 0.3 is 18.4 Å². The zero-order valence-corrected chi connectivity index (χ0v) is 17.4. The molecule has 0 spiro atoms. The highest BCUT2D eigenvalue weighted by Crippen LogP contribution is 2.37. The Morgan fingerprint density at radius 3 is 1.91 bits per heavy atom. The summed E-state index contributed by atoms with van der Waals surface area (Å²) in [5.41, 5.74) is -3.47. The number of alkyl halides is 6. The quantitative estimate of drug-likeness (QED) is 0.636. The molecule has 0 unspecified atom stereocenters. The molecule has 0 saturated carbocycles. The van der Waals surface area contributed by atoms with Crippen molar-refractivity contribution in [3.8, 4) is 0 Å². The average Bonchev–Trinajstić information content (AvgIpc) is 2.66. The standard InChI is InChI=1S/C17H19F6N3O5S/c1-2-31-15(28)24-14(27)10-25-3-5-26(6-4-25)32(29,30)13-8-11(16(18,19)20)7-12(9-13)17(21,22)23/h7-9H,2-6,10H2,1H3,(H,24,27,28). The Bertz CT molecular complexity index is 924. The summed E-state index contributed by atoms with van der Waals surface area (Å²) in [4.78, 5) is 23.3. The molecule has 0 aliphatic carbocycles. The number of rotatable bonds is 5. The predicted molar refractivity (Wildman–Crippen MR) is 96.8 cm³/mol. The maximum atomic E-state index is 13.0. The third-order valence-corrected chi connectivity index (χ3v) is 6.29. The first-order chi connectivity index (χ1) is 14.6. The number of carbonyl (C=O) groups excluding carboxylic acids is 2. The highest BCUT2D eigenvalue weighted by molar-refractivity contribution is 7.89. The summed E-state index contributed by atoms with van der Waals surface area (Å²) in [5, 5.41) is 1.95.